The van der Waals surface area contributed by atoms with Crippen LogP contribution < -0.4 is 4.90 Å². The number of sulfone groups is 1. The summed E-state index contributed by atoms with van der Waals surface area (Å²) < 4.78 is 25.4. The predicted molar refractivity (Wildman–Crippen MR) is 171 cm³/mol. The van der Waals surface area contributed by atoms with Gasteiger partial charge in [0.25, 0.3) is 0 Å². The molecule has 0 spiro atoms. The molecule has 2 heterocycles. The van der Waals surface area contributed by atoms with E-state index < -0.39 is 9.84 Å². The molecule has 0 aromatic heterocycles. The smallest absolute Gasteiger partial charge is 0.209 e. The lowest BCUT2D eigenvalue weighted by molar-refractivity contribution is -0.401. The van der Waals surface area contributed by atoms with E-state index in [2.05, 4.69) is 118 Å². The molecule has 0 bridgehead atoms. The van der Waals surface area contributed by atoms with E-state index in [9.17, 15) is 13.2 Å². The molecule has 0 saturated carbocycles. The van der Waals surface area contributed by atoms with Crippen LogP contribution in [0.2, 0.25) is 0 Å². The van der Waals surface area contributed by atoms with Crippen molar-refractivity contribution in [1.82, 2.24) is 0 Å². The number of fused-ring (bicyclic) bond motifs is 2. The Hall–Kier alpha value is -3.25. The number of hydrogen-bond donors (Lipinski definition) is 0. The summed E-state index contributed by atoms with van der Waals surface area (Å²) in [5.74, 6) is 0.137. The third kappa shape index (κ3) is 6.48. The summed E-state index contributed by atoms with van der Waals surface area (Å²) in [7, 11) is -1.08. The Morgan fingerprint density at radius 2 is 1.56 bits per heavy atom. The van der Waals surface area contributed by atoms with Crippen LogP contribution in [0.4, 0.5) is 11.4 Å². The first-order chi connectivity index (χ1) is 19.4. The third-order valence-electron chi connectivity index (χ3n) is 8.72. The van der Waals surface area contributed by atoms with Crippen LogP contribution in [0.1, 0.15) is 77.3 Å². The Morgan fingerprint density at radius 3 is 2.27 bits per heavy atom. The molecule has 2 aromatic rings. The van der Waals surface area contributed by atoms with E-state index in [4.69, 9.17) is 0 Å². The summed E-state index contributed by atoms with van der Waals surface area (Å²) in [6.45, 7) is 13.4. The predicted octanol–water partition coefficient (Wildman–Crippen LogP) is 7.40. The highest BCUT2D eigenvalue weighted by Crippen LogP contribution is 2.47. The Balaban J connectivity index is 1.42. The number of unbranched alkanes of at least 4 members (excludes halogenated alkanes) is 2. The molecular weight excluding hydrogens is 528 g/mol. The van der Waals surface area contributed by atoms with Crippen LogP contribution >= 0.6 is 0 Å². The van der Waals surface area contributed by atoms with Gasteiger partial charge in [0, 0.05) is 59.3 Å². The number of benzene rings is 2. The number of Topliss-reactive ketones (excluding diaryl/α,β-unsaturated/α-hetero) is 1. The van der Waals surface area contributed by atoms with Gasteiger partial charge in [0.2, 0.25) is 5.69 Å². The van der Waals surface area contributed by atoms with E-state index in [0.717, 1.165) is 31.2 Å². The molecule has 0 atom stereocenters. The molecule has 0 unspecified atom stereocenters. The van der Waals surface area contributed by atoms with E-state index in [1.165, 1.54) is 33.9 Å². The highest BCUT2D eigenvalue weighted by molar-refractivity contribution is 7.94. The first-order valence-corrected chi connectivity index (χ1v) is 16.4. The molecule has 218 valence electrons. The van der Waals surface area contributed by atoms with Crippen LogP contribution in [0.5, 0.6) is 0 Å². The third-order valence-corrected chi connectivity index (χ3v) is 10.1. The maximum Gasteiger partial charge on any atom is 0.209 e. The molecule has 0 fully saturated rings. The molecule has 2 aromatic carbocycles. The quantitative estimate of drug-likeness (QED) is 0.185. The lowest BCUT2D eigenvalue weighted by Crippen LogP contribution is -2.27. The largest absolute Gasteiger partial charge is 0.344 e. The molecule has 5 nitrogen and oxygen atoms in total. The van der Waals surface area contributed by atoms with Crippen molar-refractivity contribution >= 4 is 32.7 Å². The summed E-state index contributed by atoms with van der Waals surface area (Å²) in [6, 6.07) is 17.3. The Kier molecular flexibility index (Phi) is 9.22. The van der Waals surface area contributed by atoms with E-state index in [1.807, 2.05) is 0 Å². The van der Waals surface area contributed by atoms with Crippen molar-refractivity contribution in [2.45, 2.75) is 77.0 Å². The van der Waals surface area contributed by atoms with Gasteiger partial charge in [-0.25, -0.2) is 8.42 Å². The minimum Gasteiger partial charge on any atom is -0.344 e. The number of hydrogen-bond acceptors (Lipinski definition) is 4. The average molecular weight is 574 g/mol. The zero-order valence-electron chi connectivity index (χ0n) is 25.3. The van der Waals surface area contributed by atoms with Crippen molar-refractivity contribution in [3.05, 3.63) is 95.6 Å². The zero-order valence-corrected chi connectivity index (χ0v) is 26.1. The first-order valence-electron chi connectivity index (χ1n) is 14.7. The number of nitrogens with zero attached hydrogens (tertiary/aromatic N) is 2. The van der Waals surface area contributed by atoms with Crippen LogP contribution in [-0.2, 0) is 25.5 Å². The van der Waals surface area contributed by atoms with Crippen molar-refractivity contribution in [1.29, 1.82) is 0 Å². The van der Waals surface area contributed by atoms with E-state index in [-0.39, 0.29) is 22.4 Å². The minimum atomic E-state index is -3.23. The number of carbonyl (C=O) groups excluding carboxylic acids is 1. The fraction of sp³-hybridized carbons (Fsp3) is 0.429. The second-order valence-electron chi connectivity index (χ2n) is 12.3. The molecule has 0 saturated heterocycles. The van der Waals surface area contributed by atoms with Crippen molar-refractivity contribution < 1.29 is 17.8 Å². The summed E-state index contributed by atoms with van der Waals surface area (Å²) in [5, 5.41) is 0.972. The van der Waals surface area contributed by atoms with Gasteiger partial charge in [0.05, 0.1) is 11.2 Å². The maximum atomic E-state index is 12.3. The highest BCUT2D eigenvalue weighted by Gasteiger charge is 2.43. The number of carbonyl (C=O) groups is 1. The van der Waals surface area contributed by atoms with Gasteiger partial charge in [0.1, 0.15) is 12.8 Å². The second-order valence-corrected chi connectivity index (χ2v) is 14.3. The van der Waals surface area contributed by atoms with Crippen LogP contribution in [-0.4, -0.2) is 43.8 Å². The summed E-state index contributed by atoms with van der Waals surface area (Å²) in [5.41, 5.74) is 7.59. The molecule has 0 radical (unpaired) electrons. The summed E-state index contributed by atoms with van der Waals surface area (Å²) in [6.07, 6.45) is 10.7. The number of ketones is 1. The molecule has 41 heavy (non-hydrogen) atoms. The van der Waals surface area contributed by atoms with E-state index in [1.54, 1.807) is 0 Å². The van der Waals surface area contributed by atoms with Gasteiger partial charge in [-0.2, -0.15) is 4.58 Å². The van der Waals surface area contributed by atoms with Gasteiger partial charge in [-0.05, 0) is 50.8 Å². The van der Waals surface area contributed by atoms with Crippen molar-refractivity contribution in [3.63, 3.8) is 0 Å². The van der Waals surface area contributed by atoms with Crippen LogP contribution in [0, 0.1) is 0 Å². The SMILES string of the molecule is C=CS(=O)(=O)CCCC(=O)CCCCCN1/C(=C/C=C/C2=[N+](C)c3ccccc3C2(C)C)C(C)(C)c2ccccc21. The minimum absolute atomic E-state index is 0.00404. The Morgan fingerprint density at radius 1 is 0.902 bits per heavy atom. The lowest BCUT2D eigenvalue weighted by atomic mass is 9.81. The summed E-state index contributed by atoms with van der Waals surface area (Å²) >= 11 is 0. The lowest BCUT2D eigenvalue weighted by Gasteiger charge is -2.27. The molecule has 0 aliphatic carbocycles. The normalized spacial score (nSPS) is 18.3. The second kappa shape index (κ2) is 12.3. The fourth-order valence-corrected chi connectivity index (χ4v) is 7.08. The van der Waals surface area contributed by atoms with E-state index >= 15 is 0 Å². The highest BCUT2D eigenvalue weighted by atomic mass is 32.2. The van der Waals surface area contributed by atoms with E-state index in [0.29, 0.717) is 19.3 Å². The average Bonchev–Trinajstić information content (AvgIpc) is 3.27. The van der Waals surface area contributed by atoms with Crippen LogP contribution in [0.25, 0.3) is 0 Å². The monoisotopic (exact) mass is 573 g/mol. The van der Waals surface area contributed by atoms with Gasteiger partial charge in [-0.3, -0.25) is 4.79 Å². The van der Waals surface area contributed by atoms with Crippen molar-refractivity contribution in [2.24, 2.45) is 0 Å². The molecule has 6 heteroatoms. The van der Waals surface area contributed by atoms with Crippen molar-refractivity contribution in [3.8, 4) is 0 Å². The molecular formula is C35H45N2O3S+. The fourth-order valence-electron chi connectivity index (χ4n) is 6.36. The Bertz CT molecular complexity index is 1510. The van der Waals surface area contributed by atoms with Gasteiger partial charge in [-0.15, -0.1) is 0 Å². The number of rotatable bonds is 13. The standard InChI is InChI=1S/C35H45N2O3S/c1-7-41(39,40)26-16-18-27(38)17-9-8-14-25-37-31-22-13-11-20-29(31)35(4,5)33(37)24-15-23-32-34(2,3)28-19-10-12-21-30(28)36(32)6/h7,10-13,15,19-24H,1,8-9,14,16-18,25-26H2,2-6H3/q+1. The molecule has 0 N–H and O–H groups in total. The van der Waals surface area contributed by atoms with Gasteiger partial charge in [-0.1, -0.05) is 69.3 Å². The van der Waals surface area contributed by atoms with Gasteiger partial charge < -0.3 is 4.90 Å². The van der Waals surface area contributed by atoms with Crippen LogP contribution in [0.15, 0.2) is 84.4 Å². The number of allylic oxidation sites excluding steroid dienone is 4. The Labute approximate surface area is 246 Å². The summed E-state index contributed by atoms with van der Waals surface area (Å²) in [4.78, 5) is 14.7. The first kappa shape index (κ1) is 30.7. The molecule has 2 aliphatic heterocycles. The molecule has 2 aliphatic rings. The number of para-hydroxylation sites is 2. The zero-order chi connectivity index (χ0) is 29.8. The molecule has 4 rings (SSSR count). The van der Waals surface area contributed by atoms with Gasteiger partial charge >= 0.3 is 0 Å². The van der Waals surface area contributed by atoms with Gasteiger partial charge in [0.15, 0.2) is 15.5 Å². The number of anilines is 1. The maximum absolute atomic E-state index is 12.3. The topological polar surface area (TPSA) is 57.5 Å². The van der Waals surface area contributed by atoms with Crippen LogP contribution in [0.3, 0.4) is 0 Å². The van der Waals surface area contributed by atoms with Crippen molar-refractivity contribution in [2.75, 3.05) is 24.2 Å². The molecule has 0 amide bonds.